The van der Waals surface area contributed by atoms with Gasteiger partial charge in [-0.25, -0.2) is 9.98 Å². The van der Waals surface area contributed by atoms with Crippen LogP contribution in [0.15, 0.2) is 64.8 Å². The monoisotopic (exact) mass is 448 g/mol. The second-order valence-electron chi connectivity index (χ2n) is 7.41. The van der Waals surface area contributed by atoms with E-state index in [9.17, 15) is 0 Å². The zero-order chi connectivity index (χ0) is 22.6. The number of rotatable bonds is 7. The fourth-order valence-electron chi connectivity index (χ4n) is 3.82. The molecule has 0 saturated heterocycles. The Bertz CT molecular complexity index is 1190. The first kappa shape index (κ1) is 21.1. The molecular formula is C23H24N6O4. The summed E-state index contributed by atoms with van der Waals surface area (Å²) in [7, 11) is 3.17. The predicted molar refractivity (Wildman–Crippen MR) is 121 cm³/mol. The molecule has 1 atom stereocenters. The smallest absolute Gasteiger partial charge is 0.238 e. The number of methoxy groups -OCH3 is 2. The molecule has 3 aromatic rings. The van der Waals surface area contributed by atoms with E-state index in [1.165, 1.54) is 0 Å². The molecule has 10 heteroatoms. The van der Waals surface area contributed by atoms with Crippen LogP contribution >= 0.6 is 0 Å². The molecule has 2 N–H and O–H groups in total. The Hall–Kier alpha value is -3.73. The van der Waals surface area contributed by atoms with Crippen LogP contribution in [0.3, 0.4) is 0 Å². The summed E-state index contributed by atoms with van der Waals surface area (Å²) in [4.78, 5) is 19.3. The molecule has 0 bridgehead atoms. The van der Waals surface area contributed by atoms with E-state index in [0.717, 1.165) is 22.5 Å². The van der Waals surface area contributed by atoms with Gasteiger partial charge in [-0.1, -0.05) is 30.3 Å². The molecule has 0 unspecified atom stereocenters. The number of imidazole rings is 1. The number of hydrazine groups is 1. The number of aromatic nitrogens is 2. The predicted octanol–water partition coefficient (Wildman–Crippen LogP) is 2.29. The Morgan fingerprint density at radius 3 is 2.85 bits per heavy atom. The van der Waals surface area contributed by atoms with Crippen LogP contribution in [0.2, 0.25) is 0 Å². The van der Waals surface area contributed by atoms with Crippen molar-refractivity contribution in [1.82, 2.24) is 20.6 Å². The van der Waals surface area contributed by atoms with Crippen molar-refractivity contribution in [2.75, 3.05) is 27.6 Å². The number of aliphatic imine (C=N–C) groups is 2. The lowest BCUT2D eigenvalue weighted by Gasteiger charge is -2.14. The minimum atomic E-state index is -0.0521. The quantitative estimate of drug-likeness (QED) is 0.325. The van der Waals surface area contributed by atoms with Crippen LogP contribution in [-0.2, 0) is 20.9 Å². The maximum atomic E-state index is 5.96. The maximum absolute atomic E-state index is 5.96. The number of hydrogen-bond donors (Lipinski definition) is 2. The van der Waals surface area contributed by atoms with Gasteiger partial charge in [0.15, 0.2) is 6.79 Å². The topological polar surface area (TPSA) is 104 Å². The summed E-state index contributed by atoms with van der Waals surface area (Å²) in [6.07, 6.45) is 1.77. The van der Waals surface area contributed by atoms with Gasteiger partial charge < -0.3 is 14.2 Å². The molecule has 170 valence electrons. The van der Waals surface area contributed by atoms with Crippen LogP contribution < -0.4 is 15.8 Å². The summed E-state index contributed by atoms with van der Waals surface area (Å²) in [6, 6.07) is 15.8. The van der Waals surface area contributed by atoms with Crippen molar-refractivity contribution in [3.8, 4) is 11.4 Å². The van der Waals surface area contributed by atoms with E-state index in [-0.39, 0.29) is 12.8 Å². The molecule has 10 nitrogen and oxygen atoms in total. The molecule has 0 radical (unpaired) electrons. The van der Waals surface area contributed by atoms with Crippen molar-refractivity contribution < 1.29 is 19.0 Å². The number of hydrogen-bond acceptors (Lipinski definition) is 9. The summed E-state index contributed by atoms with van der Waals surface area (Å²) in [5.41, 5.74) is 10.0. The number of nitrogens with zero attached hydrogens (tertiary/aromatic N) is 4. The third-order valence-corrected chi connectivity index (χ3v) is 5.43. The number of ether oxygens (including phenoxy) is 3. The van der Waals surface area contributed by atoms with Crippen molar-refractivity contribution >= 4 is 11.7 Å². The molecule has 5 rings (SSSR count). The molecule has 1 aromatic heterocycles. The largest absolute Gasteiger partial charge is 0.497 e. The Kier molecular flexibility index (Phi) is 6.03. The van der Waals surface area contributed by atoms with Crippen molar-refractivity contribution in [3.63, 3.8) is 0 Å². The minimum absolute atomic E-state index is 0.0521. The van der Waals surface area contributed by atoms with E-state index in [0.29, 0.717) is 36.3 Å². The molecule has 0 spiro atoms. The first-order chi connectivity index (χ1) is 16.3. The molecule has 2 aliphatic heterocycles. The minimum Gasteiger partial charge on any atom is -0.497 e. The summed E-state index contributed by atoms with van der Waals surface area (Å²) in [5.74, 6) is 1.82. The van der Waals surface area contributed by atoms with E-state index < -0.39 is 0 Å². The standard InChI is InChI=1S/C23H24N6O4/c1-30-14-33-28-27-22-17-10-16(31-2)8-9-19(17)29-13-25-21(20(29)11-24-22)23-26-18(12-32-23)15-6-4-3-5-7-15/h3-10,13,18,28H,11-12,14H2,1-2H3,(H,24,27)/t18-/m1/s1. The molecule has 33 heavy (non-hydrogen) atoms. The Balaban J connectivity index is 1.50. The van der Waals surface area contributed by atoms with Crippen molar-refractivity contribution in [2.24, 2.45) is 9.98 Å². The zero-order valence-electron chi connectivity index (χ0n) is 18.3. The lowest BCUT2D eigenvalue weighted by Crippen LogP contribution is -2.38. The van der Waals surface area contributed by atoms with E-state index in [1.54, 1.807) is 20.5 Å². The van der Waals surface area contributed by atoms with Crippen molar-refractivity contribution in [3.05, 3.63) is 77.4 Å². The third kappa shape index (κ3) is 4.19. The highest BCUT2D eigenvalue weighted by molar-refractivity contribution is 6.03. The third-order valence-electron chi connectivity index (χ3n) is 5.43. The van der Waals surface area contributed by atoms with Gasteiger partial charge in [0.25, 0.3) is 0 Å². The number of amidine groups is 1. The van der Waals surface area contributed by atoms with Gasteiger partial charge in [0.1, 0.15) is 36.3 Å². The summed E-state index contributed by atoms with van der Waals surface area (Å²) in [6.45, 7) is 0.925. The van der Waals surface area contributed by atoms with Crippen LogP contribution in [0.5, 0.6) is 5.75 Å². The van der Waals surface area contributed by atoms with Gasteiger partial charge in [-0.2, -0.15) is 0 Å². The average molecular weight is 448 g/mol. The van der Waals surface area contributed by atoms with Crippen molar-refractivity contribution in [2.45, 2.75) is 12.6 Å². The van der Waals surface area contributed by atoms with Gasteiger partial charge in [0.2, 0.25) is 5.90 Å². The van der Waals surface area contributed by atoms with Crippen LogP contribution in [-0.4, -0.2) is 48.9 Å². The van der Waals surface area contributed by atoms with E-state index >= 15 is 0 Å². The molecule has 0 saturated carbocycles. The molecule has 2 aliphatic rings. The average Bonchev–Trinajstić information content (AvgIpc) is 3.48. The first-order valence-electron chi connectivity index (χ1n) is 10.5. The molecule has 3 heterocycles. The first-order valence-corrected chi connectivity index (χ1v) is 10.5. The summed E-state index contributed by atoms with van der Waals surface area (Å²) in [5, 5.41) is 0. The lowest BCUT2D eigenvalue weighted by atomic mass is 10.1. The van der Waals surface area contributed by atoms with Crippen LogP contribution in [0, 0.1) is 0 Å². The van der Waals surface area contributed by atoms with Gasteiger partial charge in [-0.3, -0.25) is 19.8 Å². The SMILES string of the molecule is COCONNC1=NCc2c(C3=N[C@@H](c4ccccc4)CO3)ncn2-c2ccc(OC)cc21. The maximum Gasteiger partial charge on any atom is 0.238 e. The Morgan fingerprint density at radius 2 is 2.03 bits per heavy atom. The zero-order valence-corrected chi connectivity index (χ0v) is 18.3. The second-order valence-corrected chi connectivity index (χ2v) is 7.41. The van der Waals surface area contributed by atoms with Gasteiger partial charge in [0, 0.05) is 12.7 Å². The molecule has 2 aromatic carbocycles. The van der Waals surface area contributed by atoms with E-state index in [1.807, 2.05) is 41.0 Å². The highest BCUT2D eigenvalue weighted by atomic mass is 16.8. The molecule has 0 aliphatic carbocycles. The van der Waals surface area contributed by atoms with Crippen LogP contribution in [0.1, 0.15) is 28.6 Å². The van der Waals surface area contributed by atoms with Gasteiger partial charge >= 0.3 is 0 Å². The van der Waals surface area contributed by atoms with Crippen molar-refractivity contribution in [1.29, 1.82) is 0 Å². The molecule has 0 fully saturated rings. The summed E-state index contributed by atoms with van der Waals surface area (Å²) >= 11 is 0. The van der Waals surface area contributed by atoms with Crippen LogP contribution in [0.4, 0.5) is 0 Å². The highest BCUT2D eigenvalue weighted by Crippen LogP contribution is 2.30. The molecule has 0 amide bonds. The lowest BCUT2D eigenvalue weighted by molar-refractivity contribution is -0.0904. The number of fused-ring (bicyclic) bond motifs is 3. The normalized spacial score (nSPS) is 16.7. The van der Waals surface area contributed by atoms with Gasteiger partial charge in [0.05, 0.1) is 25.0 Å². The Labute approximate surface area is 190 Å². The highest BCUT2D eigenvalue weighted by Gasteiger charge is 2.28. The fraction of sp³-hybridized carbons (Fsp3) is 0.261. The molecular weight excluding hydrogens is 424 g/mol. The van der Waals surface area contributed by atoms with Crippen LogP contribution in [0.25, 0.3) is 5.69 Å². The Morgan fingerprint density at radius 1 is 1.15 bits per heavy atom. The summed E-state index contributed by atoms with van der Waals surface area (Å²) < 4.78 is 18.3. The van der Waals surface area contributed by atoms with E-state index in [2.05, 4.69) is 28.1 Å². The number of benzene rings is 2. The van der Waals surface area contributed by atoms with E-state index in [4.69, 9.17) is 29.0 Å². The number of nitrogens with one attached hydrogen (secondary N) is 2. The van der Waals surface area contributed by atoms with Gasteiger partial charge in [-0.15, -0.1) is 5.59 Å². The fourth-order valence-corrected chi connectivity index (χ4v) is 3.82. The van der Waals surface area contributed by atoms with Gasteiger partial charge in [-0.05, 0) is 23.8 Å². The second kappa shape index (κ2) is 9.41.